The summed E-state index contributed by atoms with van der Waals surface area (Å²) in [6.45, 7) is 4.61. The van der Waals surface area contributed by atoms with Crippen LogP contribution in [0.25, 0.3) is 0 Å². The first-order chi connectivity index (χ1) is 28.0. The number of likely N-dealkylation sites (N-methyl/N-ethyl adjacent to an activating group) is 1. The van der Waals surface area contributed by atoms with Crippen molar-refractivity contribution in [2.24, 2.45) is 0 Å². The van der Waals surface area contributed by atoms with Crippen LogP contribution in [0.2, 0.25) is 0 Å². The highest BCUT2D eigenvalue weighted by Gasteiger charge is 2.27. The largest absolute Gasteiger partial charge is 0.472 e. The predicted octanol–water partition coefficient (Wildman–Crippen LogP) is 14.1. The third-order valence-electron chi connectivity index (χ3n) is 11.1. The average molecular weight is 842 g/mol. The van der Waals surface area contributed by atoms with E-state index < -0.39 is 20.0 Å². The molecule has 0 aromatic heterocycles. The minimum absolute atomic E-state index is 0.0615. The van der Waals surface area contributed by atoms with E-state index in [4.69, 9.17) is 9.05 Å². The molecule has 0 fully saturated rings. The van der Waals surface area contributed by atoms with Crippen LogP contribution in [0.1, 0.15) is 232 Å². The van der Waals surface area contributed by atoms with E-state index in [1.54, 1.807) is 6.08 Å². The van der Waals surface area contributed by atoms with Crippen LogP contribution < -0.4 is 5.32 Å². The topological polar surface area (TPSA) is 105 Å². The summed E-state index contributed by atoms with van der Waals surface area (Å²) >= 11 is 0. The number of amides is 1. The molecule has 0 heterocycles. The molecule has 58 heavy (non-hydrogen) atoms. The quantitative estimate of drug-likeness (QED) is 0.0244. The molecule has 1 amide bonds. The zero-order valence-corrected chi connectivity index (χ0v) is 39.9. The van der Waals surface area contributed by atoms with Gasteiger partial charge in [0.25, 0.3) is 0 Å². The zero-order valence-electron chi connectivity index (χ0n) is 39.0. The van der Waals surface area contributed by atoms with Crippen molar-refractivity contribution in [3.05, 3.63) is 24.3 Å². The number of aliphatic hydroxyl groups excluding tert-OH is 1. The lowest BCUT2D eigenvalue weighted by Crippen LogP contribution is -2.45. The second-order valence-electron chi connectivity index (χ2n) is 18.2. The highest BCUT2D eigenvalue weighted by molar-refractivity contribution is 7.47. The zero-order chi connectivity index (χ0) is 42.8. The van der Waals surface area contributed by atoms with Crippen molar-refractivity contribution in [3.8, 4) is 0 Å². The number of allylic oxidation sites excluding steroid dienone is 3. The Morgan fingerprint density at radius 1 is 0.569 bits per heavy atom. The van der Waals surface area contributed by atoms with E-state index in [1.807, 2.05) is 34.1 Å². The Balaban J connectivity index is 3.67. The lowest BCUT2D eigenvalue weighted by atomic mass is 10.0. The normalized spacial score (nSPS) is 14.4. The summed E-state index contributed by atoms with van der Waals surface area (Å²) in [5.41, 5.74) is 0. The maximum Gasteiger partial charge on any atom is 0.472 e. The molecule has 0 aliphatic carbocycles. The Labute approximate surface area is 360 Å². The van der Waals surface area contributed by atoms with Gasteiger partial charge in [-0.05, 0) is 38.5 Å². The first-order valence-electron chi connectivity index (χ1n) is 24.7. The van der Waals surface area contributed by atoms with Crippen molar-refractivity contribution >= 4 is 13.7 Å². The van der Waals surface area contributed by atoms with Gasteiger partial charge in [-0.25, -0.2) is 4.57 Å². The number of quaternary nitrogens is 1. The third-order valence-corrected chi connectivity index (χ3v) is 12.1. The molecular formula is C49H98N2O6P+. The van der Waals surface area contributed by atoms with Crippen molar-refractivity contribution in [3.63, 3.8) is 0 Å². The molecule has 344 valence electrons. The summed E-state index contributed by atoms with van der Waals surface area (Å²) in [4.78, 5) is 22.8. The molecule has 0 aliphatic rings. The van der Waals surface area contributed by atoms with E-state index in [2.05, 4.69) is 24.4 Å². The molecule has 0 saturated heterocycles. The molecule has 0 aliphatic heterocycles. The van der Waals surface area contributed by atoms with Gasteiger partial charge in [-0.2, -0.15) is 0 Å². The van der Waals surface area contributed by atoms with Gasteiger partial charge in [-0.1, -0.05) is 212 Å². The van der Waals surface area contributed by atoms with E-state index in [0.717, 1.165) is 32.1 Å². The van der Waals surface area contributed by atoms with Crippen molar-refractivity contribution in [2.75, 3.05) is 40.9 Å². The lowest BCUT2D eigenvalue weighted by molar-refractivity contribution is -0.870. The average Bonchev–Trinajstić information content (AvgIpc) is 3.17. The van der Waals surface area contributed by atoms with Crippen LogP contribution >= 0.6 is 7.82 Å². The minimum atomic E-state index is -4.31. The van der Waals surface area contributed by atoms with Crippen LogP contribution in [0, 0.1) is 0 Å². The Kier molecular flexibility index (Phi) is 40.6. The third kappa shape index (κ3) is 43.1. The first-order valence-corrected chi connectivity index (χ1v) is 26.2. The van der Waals surface area contributed by atoms with E-state index in [-0.39, 0.29) is 19.1 Å². The Hall–Kier alpha value is -1.02. The fraction of sp³-hybridized carbons (Fsp3) is 0.898. The second kappa shape index (κ2) is 41.3. The van der Waals surface area contributed by atoms with Gasteiger partial charge in [0.1, 0.15) is 13.2 Å². The van der Waals surface area contributed by atoms with E-state index in [0.29, 0.717) is 17.4 Å². The Morgan fingerprint density at radius 2 is 0.966 bits per heavy atom. The van der Waals surface area contributed by atoms with Crippen LogP contribution in [0.3, 0.4) is 0 Å². The van der Waals surface area contributed by atoms with Crippen LogP contribution in [0.15, 0.2) is 24.3 Å². The molecule has 3 N–H and O–H groups in total. The van der Waals surface area contributed by atoms with Gasteiger partial charge < -0.3 is 19.8 Å². The number of carbonyl (C=O) groups is 1. The van der Waals surface area contributed by atoms with Gasteiger partial charge in [0.05, 0.1) is 39.9 Å². The number of aliphatic hydroxyl groups is 1. The van der Waals surface area contributed by atoms with Gasteiger partial charge in [0.15, 0.2) is 0 Å². The number of carbonyl (C=O) groups excluding carboxylic acids is 1. The maximum absolute atomic E-state index is 12.7. The van der Waals surface area contributed by atoms with Crippen LogP contribution in [0.4, 0.5) is 0 Å². The fourth-order valence-corrected chi connectivity index (χ4v) is 7.96. The molecule has 0 spiro atoms. The lowest BCUT2D eigenvalue weighted by Gasteiger charge is -2.25. The number of phosphoric acid groups is 1. The molecule has 9 heteroatoms. The van der Waals surface area contributed by atoms with Gasteiger partial charge in [0.2, 0.25) is 5.91 Å². The van der Waals surface area contributed by atoms with E-state index in [1.165, 1.54) is 180 Å². The molecule has 0 saturated carbocycles. The van der Waals surface area contributed by atoms with Crippen LogP contribution in [0.5, 0.6) is 0 Å². The number of hydrogen-bond acceptors (Lipinski definition) is 5. The molecule has 3 atom stereocenters. The van der Waals surface area contributed by atoms with E-state index >= 15 is 0 Å². The molecule has 0 aromatic carbocycles. The predicted molar refractivity (Wildman–Crippen MR) is 249 cm³/mol. The number of hydrogen-bond donors (Lipinski definition) is 3. The maximum atomic E-state index is 12.7. The number of unbranched alkanes of at least 4 members (excludes halogenated alkanes) is 30. The number of nitrogens with zero attached hydrogens (tertiary/aromatic N) is 1. The van der Waals surface area contributed by atoms with Crippen LogP contribution in [-0.4, -0.2) is 73.4 Å². The SMILES string of the molecule is CCC/C=C/C(O)C(COP(=O)(O)OCC[N+](C)(C)C)NC(=O)CCCCCCCCCCCCCCCCCCCCCCC/C=C\CCCCCCCCCC. The summed E-state index contributed by atoms with van der Waals surface area (Å²) in [7, 11) is 1.57. The highest BCUT2D eigenvalue weighted by atomic mass is 31.2. The standard InChI is InChI=1S/C49H97N2O6P/c1-6-8-10-11-12-13-14-15-16-17-18-19-20-21-22-23-24-25-26-27-28-29-30-31-32-33-34-35-36-37-38-39-41-43-49(53)50-47(48(52)42-40-9-7-2)46-57-58(54,55)56-45-44-51(3,4)5/h17-18,40,42,47-48,52H,6-16,19-39,41,43-46H2,1-5H3,(H-,50,53,54,55)/p+1/b18-17-,42-40+. The molecule has 8 nitrogen and oxygen atoms in total. The Morgan fingerprint density at radius 3 is 1.36 bits per heavy atom. The van der Waals surface area contributed by atoms with Gasteiger partial charge >= 0.3 is 7.82 Å². The summed E-state index contributed by atoms with van der Waals surface area (Å²) in [5, 5.41) is 13.5. The number of nitrogens with one attached hydrogen (secondary N) is 1. The Bertz CT molecular complexity index is 1000. The molecule has 3 unspecified atom stereocenters. The van der Waals surface area contributed by atoms with Crippen LogP contribution in [-0.2, 0) is 18.4 Å². The fourth-order valence-electron chi connectivity index (χ4n) is 7.22. The minimum Gasteiger partial charge on any atom is -0.387 e. The molecule has 0 radical (unpaired) electrons. The summed E-state index contributed by atoms with van der Waals surface area (Å²) in [6, 6.07) is -0.838. The number of phosphoric ester groups is 1. The highest BCUT2D eigenvalue weighted by Crippen LogP contribution is 2.43. The van der Waals surface area contributed by atoms with Crippen molar-refractivity contribution in [2.45, 2.75) is 244 Å². The van der Waals surface area contributed by atoms with Crippen molar-refractivity contribution < 1.29 is 32.9 Å². The molecule has 0 rings (SSSR count). The van der Waals surface area contributed by atoms with Crippen molar-refractivity contribution in [1.29, 1.82) is 0 Å². The second-order valence-corrected chi connectivity index (χ2v) is 19.6. The summed E-state index contributed by atoms with van der Waals surface area (Å²) < 4.78 is 23.2. The summed E-state index contributed by atoms with van der Waals surface area (Å²) in [6.07, 6.45) is 51.0. The first kappa shape index (κ1) is 57.0. The van der Waals surface area contributed by atoms with E-state index in [9.17, 15) is 19.4 Å². The molecule has 0 aromatic rings. The molecular weight excluding hydrogens is 744 g/mol. The monoisotopic (exact) mass is 842 g/mol. The molecule has 0 bridgehead atoms. The van der Waals surface area contributed by atoms with Gasteiger partial charge in [-0.3, -0.25) is 13.8 Å². The van der Waals surface area contributed by atoms with Gasteiger partial charge in [0, 0.05) is 6.42 Å². The summed E-state index contributed by atoms with van der Waals surface area (Å²) in [5.74, 6) is -0.186. The van der Waals surface area contributed by atoms with Crippen molar-refractivity contribution in [1.82, 2.24) is 5.32 Å². The van der Waals surface area contributed by atoms with Gasteiger partial charge in [-0.15, -0.1) is 0 Å². The smallest absolute Gasteiger partial charge is 0.387 e. The number of rotatable bonds is 45.